The Labute approximate surface area is 111 Å². The summed E-state index contributed by atoms with van der Waals surface area (Å²) in [4.78, 5) is 4.26. The Balaban J connectivity index is 2.16. The topological polar surface area (TPSA) is 51.2 Å². The molecule has 0 amide bonds. The van der Waals surface area contributed by atoms with E-state index in [1.807, 2.05) is 48.9 Å². The molecule has 2 heterocycles. The van der Waals surface area contributed by atoms with Gasteiger partial charge in [-0.15, -0.1) is 0 Å². The Bertz CT molecular complexity index is 712. The smallest absolute Gasteiger partial charge is 0.142 e. The van der Waals surface area contributed by atoms with E-state index >= 15 is 0 Å². The van der Waals surface area contributed by atoms with Crippen molar-refractivity contribution >= 4 is 11.0 Å². The van der Waals surface area contributed by atoms with Gasteiger partial charge in [0.05, 0.1) is 0 Å². The van der Waals surface area contributed by atoms with Gasteiger partial charge in [-0.05, 0) is 19.9 Å². The van der Waals surface area contributed by atoms with Crippen molar-refractivity contribution in [3.05, 3.63) is 53.8 Å². The molecule has 0 aliphatic heterocycles. The van der Waals surface area contributed by atoms with Crippen molar-refractivity contribution < 1.29 is 9.52 Å². The average molecular weight is 256 g/mol. The van der Waals surface area contributed by atoms with Crippen LogP contribution in [0.4, 0.5) is 0 Å². The number of imidazole rings is 1. The fraction of sp³-hybridized carbons (Fsp3) is 0.267. The first-order valence-corrected chi connectivity index (χ1v) is 6.39. The van der Waals surface area contributed by atoms with Gasteiger partial charge in [0.15, 0.2) is 0 Å². The van der Waals surface area contributed by atoms with Crippen LogP contribution in [-0.4, -0.2) is 14.7 Å². The molecule has 19 heavy (non-hydrogen) atoms. The Morgan fingerprint density at radius 1 is 1.37 bits per heavy atom. The van der Waals surface area contributed by atoms with E-state index in [2.05, 4.69) is 4.98 Å². The van der Waals surface area contributed by atoms with Gasteiger partial charge in [-0.3, -0.25) is 0 Å². The van der Waals surface area contributed by atoms with Crippen LogP contribution in [0.2, 0.25) is 0 Å². The monoisotopic (exact) mass is 256 g/mol. The molecule has 1 unspecified atom stereocenters. The van der Waals surface area contributed by atoms with Crippen molar-refractivity contribution in [2.24, 2.45) is 0 Å². The summed E-state index contributed by atoms with van der Waals surface area (Å²) < 4.78 is 7.63. The average Bonchev–Trinajstić information content (AvgIpc) is 3.00. The SMILES string of the molecule is CCn1ccnc1C(O)c1c(C)oc2ccccc12. The molecule has 2 aromatic heterocycles. The molecule has 4 nitrogen and oxygen atoms in total. The number of fused-ring (bicyclic) bond motifs is 1. The molecule has 3 rings (SSSR count). The van der Waals surface area contributed by atoms with E-state index in [-0.39, 0.29) is 0 Å². The van der Waals surface area contributed by atoms with Gasteiger partial charge in [0.2, 0.25) is 0 Å². The molecule has 1 aromatic carbocycles. The molecule has 1 N–H and O–H groups in total. The maximum Gasteiger partial charge on any atom is 0.142 e. The lowest BCUT2D eigenvalue weighted by Gasteiger charge is -2.12. The Hall–Kier alpha value is -2.07. The van der Waals surface area contributed by atoms with Crippen LogP contribution in [0.3, 0.4) is 0 Å². The number of aliphatic hydroxyl groups is 1. The van der Waals surface area contributed by atoms with Gasteiger partial charge >= 0.3 is 0 Å². The van der Waals surface area contributed by atoms with Gasteiger partial charge in [-0.2, -0.15) is 0 Å². The summed E-state index contributed by atoms with van der Waals surface area (Å²) >= 11 is 0. The van der Waals surface area contributed by atoms with Crippen molar-refractivity contribution in [2.45, 2.75) is 26.5 Å². The van der Waals surface area contributed by atoms with E-state index in [4.69, 9.17) is 4.42 Å². The lowest BCUT2D eigenvalue weighted by Crippen LogP contribution is -2.09. The fourth-order valence-corrected chi connectivity index (χ4v) is 2.49. The highest BCUT2D eigenvalue weighted by Crippen LogP contribution is 2.33. The maximum absolute atomic E-state index is 10.6. The summed E-state index contributed by atoms with van der Waals surface area (Å²) in [5.41, 5.74) is 1.60. The molecule has 0 saturated carbocycles. The summed E-state index contributed by atoms with van der Waals surface area (Å²) in [5.74, 6) is 1.39. The molecule has 0 fully saturated rings. The number of hydrogen-bond donors (Lipinski definition) is 1. The molecule has 98 valence electrons. The Morgan fingerprint density at radius 3 is 2.95 bits per heavy atom. The third-order valence-electron chi connectivity index (χ3n) is 3.43. The zero-order valence-corrected chi connectivity index (χ0v) is 11.0. The predicted octanol–water partition coefficient (Wildman–Crippen LogP) is 3.04. The zero-order chi connectivity index (χ0) is 13.4. The van der Waals surface area contributed by atoms with E-state index in [1.165, 1.54) is 0 Å². The molecule has 0 aliphatic carbocycles. The van der Waals surface area contributed by atoms with Crippen LogP contribution in [0.1, 0.15) is 30.2 Å². The highest BCUT2D eigenvalue weighted by molar-refractivity contribution is 5.82. The molecule has 0 aliphatic rings. The van der Waals surface area contributed by atoms with Crippen LogP contribution in [0, 0.1) is 6.92 Å². The van der Waals surface area contributed by atoms with Gasteiger partial charge in [-0.25, -0.2) is 4.98 Å². The number of furan rings is 1. The number of nitrogens with zero attached hydrogens (tertiary/aromatic N) is 2. The van der Waals surface area contributed by atoms with Gasteiger partial charge in [0.1, 0.15) is 23.3 Å². The summed E-state index contributed by atoms with van der Waals surface area (Å²) in [7, 11) is 0. The summed E-state index contributed by atoms with van der Waals surface area (Å²) in [6.07, 6.45) is 2.81. The van der Waals surface area contributed by atoms with Crippen molar-refractivity contribution in [2.75, 3.05) is 0 Å². The predicted molar refractivity (Wildman–Crippen MR) is 72.9 cm³/mol. The van der Waals surface area contributed by atoms with Crippen molar-refractivity contribution in [3.8, 4) is 0 Å². The number of aromatic nitrogens is 2. The molecule has 1 atom stereocenters. The van der Waals surface area contributed by atoms with Crippen molar-refractivity contribution in [1.29, 1.82) is 0 Å². The van der Waals surface area contributed by atoms with Gasteiger partial charge in [0, 0.05) is 29.9 Å². The molecule has 4 heteroatoms. The highest BCUT2D eigenvalue weighted by Gasteiger charge is 2.23. The Kier molecular flexibility index (Phi) is 2.87. The van der Waals surface area contributed by atoms with Crippen molar-refractivity contribution in [3.63, 3.8) is 0 Å². The molecule has 0 bridgehead atoms. The molecule has 0 spiro atoms. The zero-order valence-electron chi connectivity index (χ0n) is 11.0. The first kappa shape index (κ1) is 12.0. The third kappa shape index (κ3) is 1.85. The van der Waals surface area contributed by atoms with Crippen LogP contribution in [0.5, 0.6) is 0 Å². The lowest BCUT2D eigenvalue weighted by molar-refractivity contribution is 0.204. The number of rotatable bonds is 3. The lowest BCUT2D eigenvalue weighted by atomic mass is 10.0. The van der Waals surface area contributed by atoms with E-state index in [0.717, 1.165) is 28.8 Å². The Morgan fingerprint density at radius 2 is 2.16 bits per heavy atom. The summed E-state index contributed by atoms with van der Waals surface area (Å²) in [6, 6.07) is 7.74. The number of benzene rings is 1. The number of hydrogen-bond acceptors (Lipinski definition) is 3. The number of para-hydroxylation sites is 1. The van der Waals surface area contributed by atoms with E-state index in [9.17, 15) is 5.11 Å². The molecule has 0 saturated heterocycles. The standard InChI is InChI=1S/C15H16N2O2/c1-3-17-9-8-16-15(17)14(18)13-10(2)19-12-7-5-4-6-11(12)13/h4-9,14,18H,3H2,1-2H3. The number of aliphatic hydroxyl groups excluding tert-OH is 1. The first-order chi connectivity index (χ1) is 9.22. The van der Waals surface area contributed by atoms with E-state index in [1.54, 1.807) is 6.20 Å². The van der Waals surface area contributed by atoms with Crippen LogP contribution < -0.4 is 0 Å². The van der Waals surface area contributed by atoms with Crippen LogP contribution >= 0.6 is 0 Å². The quantitative estimate of drug-likeness (QED) is 0.783. The minimum Gasteiger partial charge on any atom is -0.461 e. The summed E-state index contributed by atoms with van der Waals surface area (Å²) in [5, 5.41) is 11.6. The van der Waals surface area contributed by atoms with Crippen LogP contribution in [0.25, 0.3) is 11.0 Å². The normalized spacial score (nSPS) is 13.0. The highest BCUT2D eigenvalue weighted by atomic mass is 16.3. The molecular formula is C15H16N2O2. The van der Waals surface area contributed by atoms with Crippen LogP contribution in [0.15, 0.2) is 41.1 Å². The van der Waals surface area contributed by atoms with Crippen LogP contribution in [-0.2, 0) is 6.54 Å². The second-order valence-corrected chi connectivity index (χ2v) is 4.54. The van der Waals surface area contributed by atoms with Gasteiger partial charge < -0.3 is 14.1 Å². The minimum atomic E-state index is -0.765. The van der Waals surface area contributed by atoms with Crippen molar-refractivity contribution in [1.82, 2.24) is 9.55 Å². The second kappa shape index (κ2) is 4.55. The van der Waals surface area contributed by atoms with Gasteiger partial charge in [-0.1, -0.05) is 18.2 Å². The fourth-order valence-electron chi connectivity index (χ4n) is 2.49. The molecular weight excluding hydrogens is 240 g/mol. The van der Waals surface area contributed by atoms with E-state index in [0.29, 0.717) is 5.82 Å². The minimum absolute atomic E-state index is 0.650. The summed E-state index contributed by atoms with van der Waals surface area (Å²) in [6.45, 7) is 4.68. The number of aryl methyl sites for hydroxylation is 2. The maximum atomic E-state index is 10.6. The molecule has 3 aromatic rings. The van der Waals surface area contributed by atoms with E-state index < -0.39 is 6.10 Å². The first-order valence-electron chi connectivity index (χ1n) is 6.39. The third-order valence-corrected chi connectivity index (χ3v) is 3.43. The second-order valence-electron chi connectivity index (χ2n) is 4.54. The van der Waals surface area contributed by atoms with Gasteiger partial charge in [0.25, 0.3) is 0 Å². The largest absolute Gasteiger partial charge is 0.461 e. The molecule has 0 radical (unpaired) electrons.